The van der Waals surface area contributed by atoms with E-state index in [1.807, 2.05) is 54.6 Å². The van der Waals surface area contributed by atoms with Gasteiger partial charge in [0.15, 0.2) is 10.6 Å². The van der Waals surface area contributed by atoms with Gasteiger partial charge in [0, 0.05) is 17.0 Å². The number of carbonyl (C=O) groups is 1. The van der Waals surface area contributed by atoms with Crippen molar-refractivity contribution in [1.29, 1.82) is 0 Å². The van der Waals surface area contributed by atoms with Gasteiger partial charge in [-0.2, -0.15) is 0 Å². The van der Waals surface area contributed by atoms with E-state index in [0.717, 1.165) is 16.3 Å². The van der Waals surface area contributed by atoms with E-state index in [1.54, 1.807) is 29.7 Å². The number of hydrogen-bond donors (Lipinski definition) is 0. The van der Waals surface area contributed by atoms with Crippen LogP contribution in [0.2, 0.25) is 0 Å². The highest BCUT2D eigenvalue weighted by Gasteiger charge is 2.44. The molecule has 3 heterocycles. The molecule has 6 nitrogen and oxygen atoms in total. The van der Waals surface area contributed by atoms with Gasteiger partial charge in [0.25, 0.3) is 5.91 Å². The summed E-state index contributed by atoms with van der Waals surface area (Å²) in [5.74, 6) is 0.383. The molecule has 32 heavy (non-hydrogen) atoms. The molecule has 0 radical (unpaired) electrons. The predicted octanol–water partition coefficient (Wildman–Crippen LogP) is 5.16. The largest absolute Gasteiger partial charge is 0.497 e. The number of rotatable bonds is 3. The molecule has 0 aliphatic carbocycles. The molecule has 2 aromatic heterocycles. The predicted molar refractivity (Wildman–Crippen MR) is 124 cm³/mol. The molecule has 0 saturated carbocycles. The van der Waals surface area contributed by atoms with E-state index in [2.05, 4.69) is 4.98 Å². The molecule has 156 valence electrons. The van der Waals surface area contributed by atoms with Crippen LogP contribution in [0.25, 0.3) is 21.7 Å². The summed E-state index contributed by atoms with van der Waals surface area (Å²) in [4.78, 5) is 33.2. The van der Waals surface area contributed by atoms with Crippen molar-refractivity contribution in [3.8, 4) is 5.75 Å². The first-order valence-corrected chi connectivity index (χ1v) is 10.9. The summed E-state index contributed by atoms with van der Waals surface area (Å²) in [5, 5.41) is 4.50. The topological polar surface area (TPSA) is 72.6 Å². The molecule has 0 saturated heterocycles. The Bertz CT molecular complexity index is 1560. The lowest BCUT2D eigenvalue weighted by atomic mass is 9.97. The third kappa shape index (κ3) is 2.61. The van der Waals surface area contributed by atoms with Crippen LogP contribution in [0.4, 0.5) is 5.13 Å². The van der Waals surface area contributed by atoms with E-state index in [4.69, 9.17) is 9.15 Å². The zero-order valence-electron chi connectivity index (χ0n) is 16.9. The lowest BCUT2D eigenvalue weighted by molar-refractivity contribution is 0.0971. The molecule has 1 aliphatic heterocycles. The number of amides is 1. The minimum atomic E-state index is -0.637. The van der Waals surface area contributed by atoms with Gasteiger partial charge in [-0.1, -0.05) is 42.5 Å². The molecule has 1 aliphatic rings. The van der Waals surface area contributed by atoms with Crippen LogP contribution in [0, 0.1) is 0 Å². The van der Waals surface area contributed by atoms with Crippen LogP contribution in [0.5, 0.6) is 5.75 Å². The van der Waals surface area contributed by atoms with E-state index in [-0.39, 0.29) is 17.1 Å². The first-order valence-electron chi connectivity index (χ1n) is 10.0. The molecule has 1 atom stereocenters. The van der Waals surface area contributed by atoms with Gasteiger partial charge in [-0.25, -0.2) is 4.98 Å². The van der Waals surface area contributed by atoms with Crippen molar-refractivity contribution in [2.45, 2.75) is 6.04 Å². The molecule has 0 N–H and O–H groups in total. The van der Waals surface area contributed by atoms with Gasteiger partial charge in [-0.15, -0.1) is 11.3 Å². The second kappa shape index (κ2) is 7.03. The minimum Gasteiger partial charge on any atom is -0.497 e. The van der Waals surface area contributed by atoms with Crippen molar-refractivity contribution in [2.24, 2.45) is 0 Å². The summed E-state index contributed by atoms with van der Waals surface area (Å²) in [5.41, 5.74) is 1.33. The van der Waals surface area contributed by atoms with E-state index >= 15 is 0 Å². The van der Waals surface area contributed by atoms with E-state index in [1.165, 1.54) is 11.3 Å². The van der Waals surface area contributed by atoms with Crippen LogP contribution in [-0.2, 0) is 0 Å². The van der Waals surface area contributed by atoms with E-state index in [9.17, 15) is 9.59 Å². The second-order valence-corrected chi connectivity index (χ2v) is 8.38. The van der Waals surface area contributed by atoms with Crippen LogP contribution in [0.1, 0.15) is 27.7 Å². The number of carbonyl (C=O) groups excluding carboxylic acids is 1. The van der Waals surface area contributed by atoms with E-state index < -0.39 is 6.04 Å². The molecule has 6 rings (SSSR count). The third-order valence-corrected chi connectivity index (χ3v) is 6.59. The number of thiazole rings is 1. The summed E-state index contributed by atoms with van der Waals surface area (Å²) in [6.07, 6.45) is 1.64. The molecular weight excluding hydrogens is 424 g/mol. The van der Waals surface area contributed by atoms with Gasteiger partial charge in [-0.3, -0.25) is 14.5 Å². The number of aromatic nitrogens is 1. The zero-order chi connectivity index (χ0) is 21.8. The molecule has 7 heteroatoms. The van der Waals surface area contributed by atoms with Crippen LogP contribution in [0.3, 0.4) is 0 Å². The Labute approximate surface area is 186 Å². The van der Waals surface area contributed by atoms with Crippen molar-refractivity contribution in [3.05, 3.63) is 99.4 Å². The second-order valence-electron chi connectivity index (χ2n) is 7.50. The lowest BCUT2D eigenvalue weighted by Gasteiger charge is -2.22. The fourth-order valence-electron chi connectivity index (χ4n) is 4.33. The van der Waals surface area contributed by atoms with Crippen LogP contribution in [-0.4, -0.2) is 18.0 Å². The van der Waals surface area contributed by atoms with E-state index in [0.29, 0.717) is 27.4 Å². The normalized spacial score (nSPS) is 15.5. The van der Waals surface area contributed by atoms with Crippen molar-refractivity contribution >= 4 is 44.1 Å². The van der Waals surface area contributed by atoms with Crippen molar-refractivity contribution in [1.82, 2.24) is 4.98 Å². The maximum atomic E-state index is 13.8. The van der Waals surface area contributed by atoms with Gasteiger partial charge in [0.05, 0.1) is 24.1 Å². The van der Waals surface area contributed by atoms with Crippen molar-refractivity contribution in [2.75, 3.05) is 12.0 Å². The smallest absolute Gasteiger partial charge is 0.297 e. The first-order chi connectivity index (χ1) is 15.7. The van der Waals surface area contributed by atoms with Crippen molar-refractivity contribution < 1.29 is 13.9 Å². The number of methoxy groups -OCH3 is 1. The number of fused-ring (bicyclic) bond motifs is 4. The Morgan fingerprint density at radius 2 is 1.81 bits per heavy atom. The Hall–Kier alpha value is -3.97. The maximum absolute atomic E-state index is 13.8. The molecule has 0 spiro atoms. The fourth-order valence-corrected chi connectivity index (χ4v) is 5.00. The quantitative estimate of drug-likeness (QED) is 0.362. The summed E-state index contributed by atoms with van der Waals surface area (Å²) >= 11 is 1.34. The highest BCUT2D eigenvalue weighted by atomic mass is 32.1. The Kier molecular flexibility index (Phi) is 4.13. The maximum Gasteiger partial charge on any atom is 0.297 e. The molecule has 0 fully saturated rings. The Morgan fingerprint density at radius 3 is 2.56 bits per heavy atom. The number of nitrogens with zero attached hydrogens (tertiary/aromatic N) is 2. The van der Waals surface area contributed by atoms with Crippen LogP contribution >= 0.6 is 11.3 Å². The van der Waals surface area contributed by atoms with Crippen molar-refractivity contribution in [3.63, 3.8) is 0 Å². The fraction of sp³-hybridized carbons (Fsp3) is 0.0800. The number of ether oxygens (including phenoxy) is 1. The average molecular weight is 440 g/mol. The van der Waals surface area contributed by atoms with Crippen LogP contribution < -0.4 is 15.1 Å². The third-order valence-electron chi connectivity index (χ3n) is 5.82. The number of benzene rings is 3. The highest BCUT2D eigenvalue weighted by Crippen LogP contribution is 2.42. The highest BCUT2D eigenvalue weighted by molar-refractivity contribution is 7.13. The van der Waals surface area contributed by atoms with Gasteiger partial charge in [0.2, 0.25) is 5.76 Å². The Balaban J connectivity index is 1.67. The minimum absolute atomic E-state index is 0.0647. The average Bonchev–Trinajstić information content (AvgIpc) is 3.46. The van der Waals surface area contributed by atoms with Gasteiger partial charge < -0.3 is 9.15 Å². The molecule has 3 aromatic carbocycles. The van der Waals surface area contributed by atoms with Gasteiger partial charge in [-0.05, 0) is 29.1 Å². The summed E-state index contributed by atoms with van der Waals surface area (Å²) < 4.78 is 11.5. The molecule has 0 bridgehead atoms. The number of hydrogen-bond acceptors (Lipinski definition) is 6. The summed E-state index contributed by atoms with van der Waals surface area (Å²) in [7, 11) is 1.59. The lowest BCUT2D eigenvalue weighted by Crippen LogP contribution is -2.29. The molecular formula is C25H16N2O4S. The van der Waals surface area contributed by atoms with Gasteiger partial charge in [0.1, 0.15) is 11.3 Å². The van der Waals surface area contributed by atoms with Crippen LogP contribution in [0.15, 0.2) is 81.5 Å². The molecule has 1 unspecified atom stereocenters. The summed E-state index contributed by atoms with van der Waals surface area (Å²) in [6, 6.07) is 18.0. The number of anilines is 1. The SMILES string of the molecule is COc1ccc(C2c3c(oc4c(ccc5ccccc54)c3=O)C(=O)N2c2nccs2)cc1. The monoisotopic (exact) mass is 440 g/mol. The first kappa shape index (κ1) is 18.8. The van der Waals surface area contributed by atoms with Gasteiger partial charge >= 0.3 is 0 Å². The Morgan fingerprint density at radius 1 is 1.00 bits per heavy atom. The zero-order valence-corrected chi connectivity index (χ0v) is 17.8. The molecule has 5 aromatic rings. The molecule has 1 amide bonds. The summed E-state index contributed by atoms with van der Waals surface area (Å²) in [6.45, 7) is 0. The standard InChI is InChI=1S/C25H16N2O4S/c1-30-16-9-6-15(7-10-16)20-19-21(28)18-11-8-14-4-2-3-5-17(14)22(18)31-23(19)24(29)27(20)25-26-12-13-32-25/h2-13,20H,1H3.